The van der Waals surface area contributed by atoms with Crippen LogP contribution in [0.4, 0.5) is 0 Å². The van der Waals surface area contributed by atoms with Gasteiger partial charge in [0.1, 0.15) is 0 Å². The van der Waals surface area contributed by atoms with Crippen LogP contribution in [-0.2, 0) is 0 Å². The zero-order chi connectivity index (χ0) is 7.45. The molecule has 0 aromatic carbocycles. The summed E-state index contributed by atoms with van der Waals surface area (Å²) in [6, 6.07) is 0. The van der Waals surface area contributed by atoms with Crippen LogP contribution in [0.2, 0.25) is 0 Å². The van der Waals surface area contributed by atoms with Crippen LogP contribution in [0.15, 0.2) is 0 Å². The molecular formula is C8H15O2. The number of rotatable bonds is 2. The van der Waals surface area contributed by atoms with Gasteiger partial charge in [-0.3, -0.25) is 0 Å². The fourth-order valence-corrected chi connectivity index (χ4v) is 1.45. The van der Waals surface area contributed by atoms with Crippen molar-refractivity contribution in [1.29, 1.82) is 0 Å². The van der Waals surface area contributed by atoms with Crippen molar-refractivity contribution in [3.63, 3.8) is 0 Å². The molecule has 1 aliphatic carbocycles. The van der Waals surface area contributed by atoms with Crippen molar-refractivity contribution in [2.45, 2.75) is 25.7 Å². The lowest BCUT2D eigenvalue weighted by Crippen LogP contribution is -2.32. The molecule has 1 fully saturated rings. The minimum Gasteiger partial charge on any atom is -0.396 e. The summed E-state index contributed by atoms with van der Waals surface area (Å²) >= 11 is 0. The molecule has 0 bridgehead atoms. The van der Waals surface area contributed by atoms with E-state index in [1.165, 1.54) is 0 Å². The Balaban J connectivity index is 2.44. The summed E-state index contributed by atoms with van der Waals surface area (Å²) in [6.45, 7) is 0.272. The van der Waals surface area contributed by atoms with Gasteiger partial charge in [0.2, 0.25) is 0 Å². The van der Waals surface area contributed by atoms with Crippen molar-refractivity contribution >= 4 is 0 Å². The Hall–Kier alpha value is -0.0800. The first kappa shape index (κ1) is 8.02. The van der Waals surface area contributed by atoms with E-state index in [0.29, 0.717) is 0 Å². The first-order valence-corrected chi connectivity index (χ1v) is 3.86. The van der Waals surface area contributed by atoms with Crippen LogP contribution >= 0.6 is 0 Å². The predicted octanol–water partition coefficient (Wildman–Crippen LogP) is 0.736. The van der Waals surface area contributed by atoms with Crippen molar-refractivity contribution in [3.8, 4) is 0 Å². The molecule has 0 saturated heterocycles. The molecule has 0 amide bonds. The quantitative estimate of drug-likeness (QED) is 0.598. The number of aliphatic hydroxyl groups excluding tert-OH is 2. The van der Waals surface area contributed by atoms with E-state index >= 15 is 0 Å². The van der Waals surface area contributed by atoms with E-state index in [9.17, 15) is 0 Å². The van der Waals surface area contributed by atoms with Gasteiger partial charge in [-0.25, -0.2) is 0 Å². The van der Waals surface area contributed by atoms with Gasteiger partial charge in [-0.1, -0.05) is 0 Å². The van der Waals surface area contributed by atoms with Crippen LogP contribution in [-0.4, -0.2) is 23.4 Å². The molecule has 1 aliphatic rings. The summed E-state index contributed by atoms with van der Waals surface area (Å²) < 4.78 is 0. The van der Waals surface area contributed by atoms with Gasteiger partial charge in [0, 0.05) is 5.41 Å². The van der Waals surface area contributed by atoms with E-state index in [1.807, 2.05) is 0 Å². The molecule has 0 aromatic rings. The van der Waals surface area contributed by atoms with E-state index in [1.54, 1.807) is 0 Å². The summed E-state index contributed by atoms with van der Waals surface area (Å²) in [6.07, 6.45) is 6.20. The Labute approximate surface area is 61.9 Å². The second kappa shape index (κ2) is 3.35. The zero-order valence-electron chi connectivity index (χ0n) is 6.21. The Morgan fingerprint density at radius 2 is 1.60 bits per heavy atom. The van der Waals surface area contributed by atoms with Crippen LogP contribution in [0.5, 0.6) is 0 Å². The fourth-order valence-electron chi connectivity index (χ4n) is 1.45. The highest BCUT2D eigenvalue weighted by Gasteiger charge is 2.30. The third-order valence-electron chi connectivity index (χ3n) is 2.43. The second-order valence-electron chi connectivity index (χ2n) is 3.18. The topological polar surface area (TPSA) is 40.5 Å². The molecule has 2 N–H and O–H groups in total. The van der Waals surface area contributed by atoms with E-state index in [-0.39, 0.29) is 18.6 Å². The number of hydrogen-bond acceptors (Lipinski definition) is 2. The first-order chi connectivity index (χ1) is 4.83. The average Bonchev–Trinajstić information content (AvgIpc) is 2.06. The van der Waals surface area contributed by atoms with Crippen molar-refractivity contribution in [2.24, 2.45) is 5.41 Å². The lowest BCUT2D eigenvalue weighted by atomic mass is 9.75. The lowest BCUT2D eigenvalue weighted by molar-refractivity contribution is 0.0313. The van der Waals surface area contributed by atoms with Crippen LogP contribution in [0, 0.1) is 11.8 Å². The minimum absolute atomic E-state index is 0.136. The van der Waals surface area contributed by atoms with Crippen molar-refractivity contribution in [2.75, 3.05) is 13.2 Å². The summed E-state index contributed by atoms with van der Waals surface area (Å²) in [4.78, 5) is 0. The van der Waals surface area contributed by atoms with E-state index in [0.717, 1.165) is 25.7 Å². The second-order valence-corrected chi connectivity index (χ2v) is 3.18. The van der Waals surface area contributed by atoms with Gasteiger partial charge < -0.3 is 10.2 Å². The van der Waals surface area contributed by atoms with Crippen molar-refractivity contribution in [1.82, 2.24) is 0 Å². The minimum atomic E-state index is -0.158. The normalized spacial score (nSPS) is 24.6. The highest BCUT2D eigenvalue weighted by atomic mass is 16.3. The maximum absolute atomic E-state index is 8.97. The van der Waals surface area contributed by atoms with Crippen molar-refractivity contribution < 1.29 is 10.2 Å². The lowest BCUT2D eigenvalue weighted by Gasteiger charge is -2.33. The van der Waals surface area contributed by atoms with Crippen LogP contribution in [0.25, 0.3) is 0 Å². The molecule has 1 radical (unpaired) electrons. The largest absolute Gasteiger partial charge is 0.396 e. The number of aliphatic hydroxyl groups is 2. The molecule has 1 saturated carbocycles. The monoisotopic (exact) mass is 143 g/mol. The molecule has 0 unspecified atom stereocenters. The van der Waals surface area contributed by atoms with Gasteiger partial charge in [-0.2, -0.15) is 0 Å². The van der Waals surface area contributed by atoms with Gasteiger partial charge in [0.05, 0.1) is 13.2 Å². The summed E-state index contributed by atoms with van der Waals surface area (Å²) in [5.74, 6) is 0. The summed E-state index contributed by atoms with van der Waals surface area (Å²) in [7, 11) is 0. The molecule has 2 nitrogen and oxygen atoms in total. The smallest absolute Gasteiger partial charge is 0.0509 e. The molecular weight excluding hydrogens is 128 g/mol. The van der Waals surface area contributed by atoms with E-state index in [4.69, 9.17) is 10.2 Å². The molecule has 2 heteroatoms. The molecule has 0 aromatic heterocycles. The summed E-state index contributed by atoms with van der Waals surface area (Å²) in [5, 5.41) is 17.9. The van der Waals surface area contributed by atoms with Gasteiger partial charge in [0.25, 0.3) is 0 Å². The molecule has 0 heterocycles. The predicted molar refractivity (Wildman–Crippen MR) is 39.4 cm³/mol. The Morgan fingerprint density at radius 3 is 1.90 bits per heavy atom. The molecule has 0 spiro atoms. The molecule has 0 aliphatic heterocycles. The maximum Gasteiger partial charge on any atom is 0.0509 e. The Morgan fingerprint density at radius 1 is 1.10 bits per heavy atom. The van der Waals surface area contributed by atoms with Gasteiger partial charge in [-0.15, -0.1) is 0 Å². The average molecular weight is 143 g/mol. The highest BCUT2D eigenvalue weighted by Crippen LogP contribution is 2.34. The maximum atomic E-state index is 8.97. The number of hydrogen-bond donors (Lipinski definition) is 2. The Kier molecular flexibility index (Phi) is 2.69. The fraction of sp³-hybridized carbons (Fsp3) is 0.875. The van der Waals surface area contributed by atoms with Crippen LogP contribution in [0.3, 0.4) is 0 Å². The molecule has 59 valence electrons. The zero-order valence-corrected chi connectivity index (χ0v) is 6.21. The third-order valence-corrected chi connectivity index (χ3v) is 2.43. The van der Waals surface area contributed by atoms with E-state index in [2.05, 4.69) is 6.42 Å². The van der Waals surface area contributed by atoms with Crippen LogP contribution in [0.1, 0.15) is 25.7 Å². The highest BCUT2D eigenvalue weighted by molar-refractivity contribution is 4.87. The van der Waals surface area contributed by atoms with Crippen molar-refractivity contribution in [3.05, 3.63) is 6.42 Å². The molecule has 1 rings (SSSR count). The van der Waals surface area contributed by atoms with Gasteiger partial charge >= 0.3 is 0 Å². The third kappa shape index (κ3) is 1.50. The van der Waals surface area contributed by atoms with Gasteiger partial charge in [-0.05, 0) is 32.1 Å². The Bertz CT molecular complexity index is 89.4. The molecule has 10 heavy (non-hydrogen) atoms. The van der Waals surface area contributed by atoms with Gasteiger partial charge in [0.15, 0.2) is 0 Å². The molecule has 0 atom stereocenters. The summed E-state index contributed by atoms with van der Waals surface area (Å²) in [5.41, 5.74) is -0.158. The van der Waals surface area contributed by atoms with Crippen LogP contribution < -0.4 is 0 Å². The SMILES string of the molecule is OCC1(CO)CC[CH]CC1. The standard InChI is InChI=1S/C8H15O2/c9-6-8(7-10)4-2-1-3-5-8/h1,9-10H,2-7H2. The van der Waals surface area contributed by atoms with E-state index < -0.39 is 0 Å². The first-order valence-electron chi connectivity index (χ1n) is 3.86.